The monoisotopic (exact) mass is 266 g/mol. The summed E-state index contributed by atoms with van der Waals surface area (Å²) in [5, 5.41) is 15.8. The van der Waals surface area contributed by atoms with Gasteiger partial charge in [-0.15, -0.1) is 0 Å². The van der Waals surface area contributed by atoms with Crippen LogP contribution in [0.1, 0.15) is 16.2 Å². The van der Waals surface area contributed by atoms with Gasteiger partial charge in [-0.1, -0.05) is 11.6 Å². The number of carbonyl (C=O) groups excluding carboxylic acids is 1. The molecule has 0 unspecified atom stereocenters. The lowest BCUT2D eigenvalue weighted by atomic mass is 10.2. The smallest absolute Gasteiger partial charge is 0.254 e. The van der Waals surface area contributed by atoms with Crippen molar-refractivity contribution in [2.45, 2.75) is 6.54 Å². The van der Waals surface area contributed by atoms with Gasteiger partial charge in [0.25, 0.3) is 5.91 Å². The minimum absolute atomic E-state index is 0.0499. The van der Waals surface area contributed by atoms with Gasteiger partial charge in [0.2, 0.25) is 0 Å². The normalized spacial score (nSPS) is 10.3. The van der Waals surface area contributed by atoms with E-state index in [1.807, 2.05) is 0 Å². The van der Waals surface area contributed by atoms with Crippen LogP contribution in [-0.4, -0.2) is 38.1 Å². The molecular formula is C11H11ClN4O2. The first-order valence-corrected chi connectivity index (χ1v) is 5.54. The second-order valence-corrected chi connectivity index (χ2v) is 4.17. The van der Waals surface area contributed by atoms with Crippen LogP contribution in [-0.2, 0) is 6.54 Å². The number of nitrogens with zero attached hydrogens (tertiary/aromatic N) is 3. The van der Waals surface area contributed by atoms with Crippen LogP contribution in [0.5, 0.6) is 5.75 Å². The van der Waals surface area contributed by atoms with Crippen LogP contribution in [0.2, 0.25) is 5.02 Å². The number of halogens is 1. The molecule has 0 spiro atoms. The molecule has 18 heavy (non-hydrogen) atoms. The van der Waals surface area contributed by atoms with Crippen molar-refractivity contribution in [1.29, 1.82) is 0 Å². The molecule has 0 aliphatic rings. The average molecular weight is 267 g/mol. The maximum atomic E-state index is 12.1. The van der Waals surface area contributed by atoms with E-state index in [1.54, 1.807) is 7.05 Å². The molecule has 0 saturated carbocycles. The van der Waals surface area contributed by atoms with E-state index in [9.17, 15) is 9.90 Å². The molecule has 0 radical (unpaired) electrons. The molecule has 0 fully saturated rings. The van der Waals surface area contributed by atoms with Gasteiger partial charge in [0, 0.05) is 12.6 Å². The Bertz CT molecular complexity index is 556. The lowest BCUT2D eigenvalue weighted by Gasteiger charge is -2.15. The van der Waals surface area contributed by atoms with Crippen molar-refractivity contribution in [3.63, 3.8) is 0 Å². The van der Waals surface area contributed by atoms with Crippen LogP contribution in [0.25, 0.3) is 0 Å². The van der Waals surface area contributed by atoms with Crippen LogP contribution < -0.4 is 0 Å². The number of carbonyl (C=O) groups is 1. The SMILES string of the molecule is CN(Cc1ncn[nH]1)C(=O)c1ccc(O)c(Cl)c1. The van der Waals surface area contributed by atoms with E-state index in [0.29, 0.717) is 17.9 Å². The summed E-state index contributed by atoms with van der Waals surface area (Å²) >= 11 is 5.76. The number of phenolic OH excluding ortho intramolecular Hbond substituents is 1. The molecule has 1 aromatic carbocycles. The first-order valence-electron chi connectivity index (χ1n) is 5.16. The van der Waals surface area contributed by atoms with E-state index >= 15 is 0 Å². The molecule has 0 aliphatic heterocycles. The number of amides is 1. The Morgan fingerprint density at radius 3 is 2.94 bits per heavy atom. The highest BCUT2D eigenvalue weighted by Crippen LogP contribution is 2.24. The van der Waals surface area contributed by atoms with Crippen LogP contribution >= 0.6 is 11.6 Å². The van der Waals surface area contributed by atoms with Crippen molar-refractivity contribution < 1.29 is 9.90 Å². The fourth-order valence-corrected chi connectivity index (χ4v) is 1.64. The third-order valence-corrected chi connectivity index (χ3v) is 2.70. The Hall–Kier alpha value is -2.08. The van der Waals surface area contributed by atoms with E-state index < -0.39 is 0 Å². The summed E-state index contributed by atoms with van der Waals surface area (Å²) in [5.41, 5.74) is 0.403. The predicted molar refractivity (Wildman–Crippen MR) is 65.3 cm³/mol. The Morgan fingerprint density at radius 1 is 1.56 bits per heavy atom. The van der Waals surface area contributed by atoms with Crippen LogP contribution in [0.3, 0.4) is 0 Å². The van der Waals surface area contributed by atoms with Crippen LogP contribution in [0.15, 0.2) is 24.5 Å². The fraction of sp³-hybridized carbons (Fsp3) is 0.182. The van der Waals surface area contributed by atoms with Gasteiger partial charge in [-0.3, -0.25) is 9.89 Å². The van der Waals surface area contributed by atoms with Gasteiger partial charge < -0.3 is 10.0 Å². The van der Waals surface area contributed by atoms with Gasteiger partial charge in [0.15, 0.2) is 0 Å². The third kappa shape index (κ3) is 2.60. The Labute approximate surface area is 108 Å². The average Bonchev–Trinajstić information content (AvgIpc) is 2.84. The van der Waals surface area contributed by atoms with E-state index in [0.717, 1.165) is 0 Å². The molecule has 0 aliphatic carbocycles. The topological polar surface area (TPSA) is 82.1 Å². The van der Waals surface area contributed by atoms with Crippen molar-refractivity contribution in [3.05, 3.63) is 40.9 Å². The molecule has 1 heterocycles. The summed E-state index contributed by atoms with van der Waals surface area (Å²) < 4.78 is 0. The van der Waals surface area contributed by atoms with E-state index in [4.69, 9.17) is 11.6 Å². The Morgan fingerprint density at radius 2 is 2.33 bits per heavy atom. The lowest BCUT2D eigenvalue weighted by Crippen LogP contribution is -2.26. The van der Waals surface area contributed by atoms with Crippen LogP contribution in [0.4, 0.5) is 0 Å². The van der Waals surface area contributed by atoms with Gasteiger partial charge in [-0.2, -0.15) is 5.10 Å². The van der Waals surface area contributed by atoms with Gasteiger partial charge >= 0.3 is 0 Å². The predicted octanol–water partition coefficient (Wildman–Crippen LogP) is 1.44. The van der Waals surface area contributed by atoms with Crippen LogP contribution in [0, 0.1) is 0 Å². The first kappa shape index (κ1) is 12.4. The maximum Gasteiger partial charge on any atom is 0.254 e. The number of hydrogen-bond acceptors (Lipinski definition) is 4. The minimum Gasteiger partial charge on any atom is -0.506 e. The Kier molecular flexibility index (Phi) is 3.47. The number of rotatable bonds is 3. The zero-order valence-corrected chi connectivity index (χ0v) is 10.3. The van der Waals surface area contributed by atoms with E-state index in [-0.39, 0.29) is 16.7 Å². The number of aromatic amines is 1. The largest absolute Gasteiger partial charge is 0.506 e. The molecule has 1 amide bonds. The van der Waals surface area contributed by atoms with Gasteiger partial charge in [0.05, 0.1) is 11.6 Å². The summed E-state index contributed by atoms with van der Waals surface area (Å²) in [7, 11) is 1.64. The van der Waals surface area contributed by atoms with Crippen molar-refractivity contribution in [1.82, 2.24) is 20.1 Å². The summed E-state index contributed by atoms with van der Waals surface area (Å²) in [5.74, 6) is 0.329. The summed E-state index contributed by atoms with van der Waals surface area (Å²) in [4.78, 5) is 17.5. The van der Waals surface area contributed by atoms with Gasteiger partial charge in [-0.25, -0.2) is 4.98 Å². The zero-order valence-electron chi connectivity index (χ0n) is 9.59. The lowest BCUT2D eigenvalue weighted by molar-refractivity contribution is 0.0781. The second-order valence-electron chi connectivity index (χ2n) is 3.76. The van der Waals surface area contributed by atoms with E-state index in [2.05, 4.69) is 15.2 Å². The number of aromatic hydroxyl groups is 1. The molecule has 2 aromatic rings. The summed E-state index contributed by atoms with van der Waals surface area (Å²) in [6.45, 7) is 0.317. The number of benzene rings is 1. The van der Waals surface area contributed by atoms with Gasteiger partial charge in [-0.05, 0) is 18.2 Å². The molecule has 0 bridgehead atoms. The number of H-pyrrole nitrogens is 1. The highest BCUT2D eigenvalue weighted by Gasteiger charge is 2.14. The minimum atomic E-state index is -0.215. The van der Waals surface area contributed by atoms with Crippen molar-refractivity contribution in [3.8, 4) is 5.75 Å². The van der Waals surface area contributed by atoms with Crippen molar-refractivity contribution >= 4 is 17.5 Å². The fourth-order valence-electron chi connectivity index (χ4n) is 1.46. The number of hydrogen-bond donors (Lipinski definition) is 2. The van der Waals surface area contributed by atoms with E-state index in [1.165, 1.54) is 29.4 Å². The number of aromatic nitrogens is 3. The molecule has 94 valence electrons. The quantitative estimate of drug-likeness (QED) is 0.881. The molecule has 1 aromatic heterocycles. The molecular weight excluding hydrogens is 256 g/mol. The maximum absolute atomic E-state index is 12.1. The molecule has 2 rings (SSSR count). The molecule has 0 saturated heterocycles. The molecule has 2 N–H and O–H groups in total. The third-order valence-electron chi connectivity index (χ3n) is 2.39. The first-order chi connectivity index (χ1) is 8.58. The number of nitrogens with one attached hydrogen (secondary N) is 1. The Balaban J connectivity index is 2.12. The second kappa shape index (κ2) is 5.05. The number of phenols is 1. The van der Waals surface area contributed by atoms with Crippen molar-refractivity contribution in [2.24, 2.45) is 0 Å². The van der Waals surface area contributed by atoms with Gasteiger partial charge in [0.1, 0.15) is 17.9 Å². The molecule has 0 atom stereocenters. The zero-order chi connectivity index (χ0) is 13.1. The summed E-state index contributed by atoms with van der Waals surface area (Å²) in [6.07, 6.45) is 1.38. The van der Waals surface area contributed by atoms with Crippen molar-refractivity contribution in [2.75, 3.05) is 7.05 Å². The molecule has 6 nitrogen and oxygen atoms in total. The standard InChI is InChI=1S/C11H11ClN4O2/c1-16(5-10-13-6-14-15-10)11(18)7-2-3-9(17)8(12)4-7/h2-4,6,17H,5H2,1H3,(H,13,14,15). The summed E-state index contributed by atoms with van der Waals surface area (Å²) in [6, 6.07) is 4.33. The molecule has 7 heteroatoms. The highest BCUT2D eigenvalue weighted by atomic mass is 35.5. The highest BCUT2D eigenvalue weighted by molar-refractivity contribution is 6.32.